The Balaban J connectivity index is 2.05. The number of hydrogen-bond donors (Lipinski definition) is 0. The normalized spacial score (nSPS) is 11.0. The van der Waals surface area contributed by atoms with Crippen LogP contribution in [-0.4, -0.2) is 15.0 Å². The molecule has 3 aromatic rings. The molecule has 0 fully saturated rings. The van der Waals surface area contributed by atoms with E-state index in [1.165, 1.54) is 30.6 Å². The molecule has 26 heavy (non-hydrogen) atoms. The van der Waals surface area contributed by atoms with Crippen LogP contribution < -0.4 is 4.74 Å². The van der Waals surface area contributed by atoms with Gasteiger partial charge in [-0.25, -0.2) is 9.37 Å². The molecule has 9 heteroatoms. The molecule has 0 saturated heterocycles. The van der Waals surface area contributed by atoms with Crippen molar-refractivity contribution in [1.29, 1.82) is 5.26 Å². The Kier molecular flexibility index (Phi) is 4.49. The predicted molar refractivity (Wildman–Crippen MR) is 81.5 cm³/mol. The lowest BCUT2D eigenvalue weighted by atomic mass is 10.2. The first kappa shape index (κ1) is 17.3. The summed E-state index contributed by atoms with van der Waals surface area (Å²) in [6, 6.07) is 8.49. The summed E-state index contributed by atoms with van der Waals surface area (Å²) in [6.07, 6.45) is -1.99. The second-order valence-electron chi connectivity index (χ2n) is 5.01. The van der Waals surface area contributed by atoms with E-state index >= 15 is 0 Å². The molecule has 0 unspecified atom stereocenters. The molecule has 2 heterocycles. The minimum atomic E-state index is -4.74. The number of nitriles is 1. The Hall–Kier alpha value is -3.54. The van der Waals surface area contributed by atoms with Crippen molar-refractivity contribution in [2.75, 3.05) is 0 Å². The Morgan fingerprint density at radius 2 is 1.73 bits per heavy atom. The highest BCUT2D eigenvalue weighted by molar-refractivity contribution is 5.55. The number of nitrogens with zero attached hydrogens (tertiary/aromatic N) is 4. The lowest BCUT2D eigenvalue weighted by Gasteiger charge is -2.11. The molecule has 0 atom stereocenters. The molecule has 0 N–H and O–H groups in total. The van der Waals surface area contributed by atoms with E-state index in [-0.39, 0.29) is 22.7 Å². The van der Waals surface area contributed by atoms with Gasteiger partial charge in [0.25, 0.3) is 0 Å². The van der Waals surface area contributed by atoms with E-state index in [0.29, 0.717) is 6.07 Å². The molecule has 3 rings (SSSR count). The summed E-state index contributed by atoms with van der Waals surface area (Å²) in [6.45, 7) is 0. The Labute approximate surface area is 144 Å². The molecule has 5 nitrogen and oxygen atoms in total. The first-order valence-electron chi connectivity index (χ1n) is 7.11. The quantitative estimate of drug-likeness (QED) is 0.649. The van der Waals surface area contributed by atoms with Gasteiger partial charge >= 0.3 is 6.18 Å². The average molecular weight is 360 g/mol. The van der Waals surface area contributed by atoms with Crippen LogP contribution in [0.5, 0.6) is 11.6 Å². The van der Waals surface area contributed by atoms with Crippen molar-refractivity contribution < 1.29 is 22.3 Å². The van der Waals surface area contributed by atoms with Gasteiger partial charge in [-0.1, -0.05) is 0 Å². The van der Waals surface area contributed by atoms with Crippen LogP contribution in [0.4, 0.5) is 17.6 Å². The summed E-state index contributed by atoms with van der Waals surface area (Å²) >= 11 is 0. The van der Waals surface area contributed by atoms with Crippen molar-refractivity contribution in [3.63, 3.8) is 0 Å². The van der Waals surface area contributed by atoms with Crippen LogP contribution in [0.1, 0.15) is 11.3 Å². The number of pyridine rings is 1. The molecule has 0 aliphatic heterocycles. The maximum atomic E-state index is 13.9. The molecular formula is C17H8F4N4O. The third kappa shape index (κ3) is 3.75. The number of alkyl halides is 3. The number of ether oxygens (including phenoxy) is 1. The molecule has 2 aromatic heterocycles. The van der Waals surface area contributed by atoms with Crippen LogP contribution in [0.15, 0.2) is 48.8 Å². The van der Waals surface area contributed by atoms with Crippen LogP contribution >= 0.6 is 0 Å². The van der Waals surface area contributed by atoms with Gasteiger partial charge in [-0.3, -0.25) is 4.98 Å². The predicted octanol–water partition coefficient (Wildman–Crippen LogP) is 4.36. The number of hydrogen-bond acceptors (Lipinski definition) is 5. The molecule has 0 spiro atoms. The van der Waals surface area contributed by atoms with Crippen LogP contribution in [0.3, 0.4) is 0 Å². The second-order valence-corrected chi connectivity index (χ2v) is 5.01. The number of rotatable bonds is 3. The molecule has 0 saturated carbocycles. The lowest BCUT2D eigenvalue weighted by molar-refractivity contribution is -0.141. The fourth-order valence-corrected chi connectivity index (χ4v) is 2.02. The first-order chi connectivity index (χ1) is 12.4. The third-order valence-corrected chi connectivity index (χ3v) is 3.21. The van der Waals surface area contributed by atoms with Gasteiger partial charge in [0.2, 0.25) is 5.88 Å². The Morgan fingerprint density at radius 1 is 1.00 bits per heavy atom. The topological polar surface area (TPSA) is 71.7 Å². The summed E-state index contributed by atoms with van der Waals surface area (Å²) in [7, 11) is 0. The number of aromatic nitrogens is 3. The lowest BCUT2D eigenvalue weighted by Crippen LogP contribution is -2.10. The van der Waals surface area contributed by atoms with E-state index in [2.05, 4.69) is 15.0 Å². The van der Waals surface area contributed by atoms with Gasteiger partial charge in [0.05, 0.1) is 11.6 Å². The van der Waals surface area contributed by atoms with E-state index in [0.717, 1.165) is 12.1 Å². The largest absolute Gasteiger partial charge is 0.436 e. The first-order valence-corrected chi connectivity index (χ1v) is 7.11. The van der Waals surface area contributed by atoms with Gasteiger partial charge in [-0.05, 0) is 30.3 Å². The van der Waals surface area contributed by atoms with E-state index in [4.69, 9.17) is 10.00 Å². The maximum Gasteiger partial charge on any atom is 0.433 e. The highest BCUT2D eigenvalue weighted by Crippen LogP contribution is 2.33. The average Bonchev–Trinajstić information content (AvgIpc) is 2.63. The molecule has 0 radical (unpaired) electrons. The zero-order valence-electron chi connectivity index (χ0n) is 12.8. The van der Waals surface area contributed by atoms with E-state index < -0.39 is 23.6 Å². The van der Waals surface area contributed by atoms with Crippen LogP contribution in [-0.2, 0) is 6.18 Å². The molecule has 0 bridgehead atoms. The Morgan fingerprint density at radius 3 is 2.35 bits per heavy atom. The maximum absolute atomic E-state index is 13.9. The van der Waals surface area contributed by atoms with Crippen molar-refractivity contribution in [2.45, 2.75) is 6.18 Å². The number of halogens is 4. The Bertz CT molecular complexity index is 984. The highest BCUT2D eigenvalue weighted by atomic mass is 19.4. The van der Waals surface area contributed by atoms with E-state index in [9.17, 15) is 17.6 Å². The molecule has 1 aromatic carbocycles. The summed E-state index contributed by atoms with van der Waals surface area (Å²) in [4.78, 5) is 11.2. The summed E-state index contributed by atoms with van der Waals surface area (Å²) in [5, 5.41) is 8.72. The van der Waals surface area contributed by atoms with Crippen LogP contribution in [0.2, 0.25) is 0 Å². The van der Waals surface area contributed by atoms with Gasteiger partial charge in [0.15, 0.2) is 23.1 Å². The molecule has 130 valence electrons. The van der Waals surface area contributed by atoms with E-state index in [1.807, 2.05) is 0 Å². The smallest absolute Gasteiger partial charge is 0.433 e. The van der Waals surface area contributed by atoms with Gasteiger partial charge in [0, 0.05) is 24.0 Å². The molecule has 0 amide bonds. The zero-order valence-corrected chi connectivity index (χ0v) is 12.8. The fraction of sp³-hybridized carbons (Fsp3) is 0.0588. The van der Waals surface area contributed by atoms with Gasteiger partial charge in [-0.15, -0.1) is 0 Å². The molecule has 0 aliphatic carbocycles. The molecular weight excluding hydrogens is 352 g/mol. The van der Waals surface area contributed by atoms with Crippen LogP contribution in [0, 0.1) is 17.1 Å². The van der Waals surface area contributed by atoms with E-state index in [1.54, 1.807) is 6.07 Å². The van der Waals surface area contributed by atoms with Crippen molar-refractivity contribution in [1.82, 2.24) is 15.0 Å². The van der Waals surface area contributed by atoms with Crippen molar-refractivity contribution in [2.24, 2.45) is 0 Å². The number of benzene rings is 1. The van der Waals surface area contributed by atoms with Gasteiger partial charge < -0.3 is 4.74 Å². The van der Waals surface area contributed by atoms with Crippen LogP contribution in [0.25, 0.3) is 11.4 Å². The third-order valence-electron chi connectivity index (χ3n) is 3.21. The standard InChI is InChI=1S/C17H8F4N4O/c18-12-7-10(9-22)1-2-13(12)26-15-8-14(17(19,20)21)24-16(25-15)11-3-5-23-6-4-11/h1-8H. The van der Waals surface area contributed by atoms with Crippen molar-refractivity contribution >= 4 is 0 Å². The van der Waals surface area contributed by atoms with Gasteiger partial charge in [0.1, 0.15) is 0 Å². The fourth-order valence-electron chi connectivity index (χ4n) is 2.02. The van der Waals surface area contributed by atoms with Gasteiger partial charge in [-0.2, -0.15) is 23.4 Å². The molecule has 0 aliphatic rings. The second kappa shape index (κ2) is 6.76. The minimum absolute atomic E-state index is 0.0472. The summed E-state index contributed by atoms with van der Waals surface area (Å²) < 4.78 is 58.4. The SMILES string of the molecule is N#Cc1ccc(Oc2cc(C(F)(F)F)nc(-c3ccncc3)n2)c(F)c1. The highest BCUT2D eigenvalue weighted by Gasteiger charge is 2.34. The monoisotopic (exact) mass is 360 g/mol. The van der Waals surface area contributed by atoms with Crippen molar-refractivity contribution in [3.8, 4) is 29.1 Å². The minimum Gasteiger partial charge on any atom is -0.436 e. The summed E-state index contributed by atoms with van der Waals surface area (Å²) in [5.41, 5.74) is -0.898. The summed E-state index contributed by atoms with van der Waals surface area (Å²) in [5.74, 6) is -1.99. The zero-order chi connectivity index (χ0) is 18.7. The van der Waals surface area contributed by atoms with Crippen molar-refractivity contribution in [3.05, 3.63) is 65.9 Å².